The first-order chi connectivity index (χ1) is 11.8. The Morgan fingerprint density at radius 3 is 2.92 bits per heavy atom. The van der Waals surface area contributed by atoms with E-state index in [9.17, 15) is 4.79 Å². The number of fused-ring (bicyclic) bond motifs is 1. The Morgan fingerprint density at radius 1 is 1.25 bits per heavy atom. The van der Waals surface area contributed by atoms with Crippen LogP contribution in [0.3, 0.4) is 0 Å². The van der Waals surface area contributed by atoms with Crippen LogP contribution in [-0.2, 0) is 6.42 Å². The number of thiophene rings is 1. The monoisotopic (exact) mass is 336 g/mol. The van der Waals surface area contributed by atoms with Crippen molar-refractivity contribution < 1.29 is 4.79 Å². The third kappa shape index (κ3) is 2.92. The summed E-state index contributed by atoms with van der Waals surface area (Å²) >= 11 is 1.45. The summed E-state index contributed by atoms with van der Waals surface area (Å²) in [5.41, 5.74) is 3.01. The summed E-state index contributed by atoms with van der Waals surface area (Å²) in [7, 11) is 0. The van der Waals surface area contributed by atoms with E-state index < -0.39 is 0 Å². The number of pyridine rings is 1. The molecule has 0 saturated heterocycles. The van der Waals surface area contributed by atoms with Crippen molar-refractivity contribution in [1.29, 1.82) is 0 Å². The fourth-order valence-electron chi connectivity index (χ4n) is 2.97. The van der Waals surface area contributed by atoms with Gasteiger partial charge in [-0.1, -0.05) is 6.07 Å². The van der Waals surface area contributed by atoms with Crippen molar-refractivity contribution in [1.82, 2.24) is 20.3 Å². The summed E-state index contributed by atoms with van der Waals surface area (Å²) in [5.74, 6) is 0.683. The number of hydrogen-bond acceptors (Lipinski definition) is 5. The van der Waals surface area contributed by atoms with Gasteiger partial charge in [-0.05, 0) is 42.8 Å². The highest BCUT2D eigenvalue weighted by atomic mass is 32.1. The van der Waals surface area contributed by atoms with E-state index in [1.807, 2.05) is 35.8 Å². The molecule has 3 aromatic heterocycles. The summed E-state index contributed by atoms with van der Waals surface area (Å²) in [5, 5.41) is 5.03. The first-order valence-corrected chi connectivity index (χ1v) is 8.80. The largest absolute Gasteiger partial charge is 0.344 e. The zero-order valence-corrected chi connectivity index (χ0v) is 13.8. The highest BCUT2D eigenvalue weighted by Gasteiger charge is 2.24. The maximum absolute atomic E-state index is 12.3. The van der Waals surface area contributed by atoms with Crippen LogP contribution in [0.4, 0.5) is 0 Å². The second-order valence-corrected chi connectivity index (χ2v) is 6.67. The second-order valence-electron chi connectivity index (χ2n) is 5.73. The summed E-state index contributed by atoms with van der Waals surface area (Å²) in [6, 6.07) is 7.52. The molecule has 0 unspecified atom stereocenters. The van der Waals surface area contributed by atoms with Crippen LogP contribution in [0, 0.1) is 0 Å². The number of carbonyl (C=O) groups is 1. The minimum Gasteiger partial charge on any atom is -0.344 e. The molecule has 1 atom stereocenters. The fourth-order valence-corrected chi connectivity index (χ4v) is 3.60. The van der Waals surface area contributed by atoms with Gasteiger partial charge in [0.25, 0.3) is 5.91 Å². The lowest BCUT2D eigenvalue weighted by atomic mass is 9.92. The van der Waals surface area contributed by atoms with Gasteiger partial charge < -0.3 is 5.32 Å². The maximum Gasteiger partial charge on any atom is 0.261 e. The van der Waals surface area contributed by atoms with Gasteiger partial charge in [-0.15, -0.1) is 11.3 Å². The van der Waals surface area contributed by atoms with E-state index in [1.54, 1.807) is 12.4 Å². The van der Waals surface area contributed by atoms with Crippen molar-refractivity contribution in [3.63, 3.8) is 0 Å². The molecule has 0 aliphatic heterocycles. The molecule has 5 nitrogen and oxygen atoms in total. The Kier molecular flexibility index (Phi) is 4.04. The average Bonchev–Trinajstić information content (AvgIpc) is 3.17. The van der Waals surface area contributed by atoms with E-state index in [0.29, 0.717) is 5.82 Å². The topological polar surface area (TPSA) is 67.8 Å². The highest BCUT2D eigenvalue weighted by Crippen LogP contribution is 2.30. The molecule has 24 heavy (non-hydrogen) atoms. The van der Waals surface area contributed by atoms with Crippen LogP contribution in [0.25, 0.3) is 11.4 Å². The molecule has 0 saturated carbocycles. The van der Waals surface area contributed by atoms with Gasteiger partial charge in [0.1, 0.15) is 0 Å². The molecule has 3 aromatic rings. The molecule has 1 aliphatic rings. The van der Waals surface area contributed by atoms with Gasteiger partial charge >= 0.3 is 0 Å². The van der Waals surface area contributed by atoms with E-state index in [2.05, 4.69) is 15.3 Å². The van der Waals surface area contributed by atoms with Crippen LogP contribution in [0.2, 0.25) is 0 Å². The molecular weight excluding hydrogens is 320 g/mol. The Bertz CT molecular complexity index is 849. The summed E-state index contributed by atoms with van der Waals surface area (Å²) in [6.07, 6.45) is 8.18. The lowest BCUT2D eigenvalue weighted by Gasteiger charge is -2.25. The van der Waals surface area contributed by atoms with E-state index in [0.717, 1.165) is 41.0 Å². The molecule has 0 fully saturated rings. The molecule has 4 rings (SSSR count). The van der Waals surface area contributed by atoms with Crippen molar-refractivity contribution in [3.8, 4) is 11.4 Å². The van der Waals surface area contributed by atoms with Crippen LogP contribution in [0.1, 0.15) is 39.8 Å². The lowest BCUT2D eigenvalue weighted by Crippen LogP contribution is -2.31. The number of rotatable bonds is 3. The SMILES string of the molecule is O=C(N[C@H]1CCCc2nc(-c3ccncc3)ncc21)c1cccs1. The molecular formula is C18H16N4OS. The van der Waals surface area contributed by atoms with Gasteiger partial charge in [-0.25, -0.2) is 9.97 Å². The van der Waals surface area contributed by atoms with Gasteiger partial charge in [0, 0.05) is 35.4 Å². The molecule has 1 amide bonds. The number of aromatic nitrogens is 3. The Labute approximate surface area is 143 Å². The quantitative estimate of drug-likeness (QED) is 0.796. The molecule has 0 bridgehead atoms. The summed E-state index contributed by atoms with van der Waals surface area (Å²) < 4.78 is 0. The first kappa shape index (κ1) is 15.0. The molecule has 6 heteroatoms. The first-order valence-electron chi connectivity index (χ1n) is 7.92. The maximum atomic E-state index is 12.3. The Morgan fingerprint density at radius 2 is 2.12 bits per heavy atom. The van der Waals surface area contributed by atoms with Gasteiger partial charge in [-0.2, -0.15) is 0 Å². The zero-order valence-electron chi connectivity index (χ0n) is 13.0. The predicted octanol–water partition coefficient (Wildman–Crippen LogP) is 3.41. The van der Waals surface area contributed by atoms with Gasteiger partial charge in [0.2, 0.25) is 0 Å². The van der Waals surface area contributed by atoms with Crippen molar-refractivity contribution in [2.24, 2.45) is 0 Å². The predicted molar refractivity (Wildman–Crippen MR) is 92.7 cm³/mol. The lowest BCUT2D eigenvalue weighted by molar-refractivity contribution is 0.0936. The number of aryl methyl sites for hydroxylation is 1. The minimum absolute atomic E-state index is 0.0187. The third-order valence-electron chi connectivity index (χ3n) is 4.17. The van der Waals surface area contributed by atoms with E-state index in [-0.39, 0.29) is 11.9 Å². The number of amides is 1. The molecule has 0 aromatic carbocycles. The third-order valence-corrected chi connectivity index (χ3v) is 5.04. The highest BCUT2D eigenvalue weighted by molar-refractivity contribution is 7.12. The van der Waals surface area contributed by atoms with Gasteiger partial charge in [0.05, 0.1) is 10.9 Å². The van der Waals surface area contributed by atoms with Crippen molar-refractivity contribution in [2.75, 3.05) is 0 Å². The molecule has 1 N–H and O–H groups in total. The number of hydrogen-bond donors (Lipinski definition) is 1. The van der Waals surface area contributed by atoms with Crippen molar-refractivity contribution in [2.45, 2.75) is 25.3 Å². The van der Waals surface area contributed by atoms with Gasteiger partial charge in [0.15, 0.2) is 5.82 Å². The molecule has 3 heterocycles. The van der Waals surface area contributed by atoms with Gasteiger partial charge in [-0.3, -0.25) is 9.78 Å². The average molecular weight is 336 g/mol. The normalized spacial score (nSPS) is 16.4. The van der Waals surface area contributed by atoms with Crippen LogP contribution in [0.5, 0.6) is 0 Å². The van der Waals surface area contributed by atoms with Crippen LogP contribution in [-0.4, -0.2) is 20.9 Å². The molecule has 0 spiro atoms. The van der Waals surface area contributed by atoms with Crippen LogP contribution >= 0.6 is 11.3 Å². The summed E-state index contributed by atoms with van der Waals surface area (Å²) in [6.45, 7) is 0. The molecule has 1 aliphatic carbocycles. The van der Waals surface area contributed by atoms with E-state index >= 15 is 0 Å². The smallest absolute Gasteiger partial charge is 0.261 e. The number of nitrogens with zero attached hydrogens (tertiary/aromatic N) is 3. The number of nitrogens with one attached hydrogen (secondary N) is 1. The Balaban J connectivity index is 1.60. The van der Waals surface area contributed by atoms with Crippen LogP contribution in [0.15, 0.2) is 48.2 Å². The van der Waals surface area contributed by atoms with Crippen LogP contribution < -0.4 is 5.32 Å². The zero-order chi connectivity index (χ0) is 16.4. The number of carbonyl (C=O) groups excluding carboxylic acids is 1. The second kappa shape index (κ2) is 6.49. The standard InChI is InChI=1S/C18H16N4OS/c23-18(16-5-2-10-24-16)22-15-4-1-3-14-13(15)11-20-17(21-14)12-6-8-19-9-7-12/h2,5-11,15H,1,3-4H2,(H,22,23)/t15-/m0/s1. The minimum atomic E-state index is -0.0268. The fraction of sp³-hybridized carbons (Fsp3) is 0.222. The Hall–Kier alpha value is -2.60. The summed E-state index contributed by atoms with van der Waals surface area (Å²) in [4.78, 5) is 26.3. The van der Waals surface area contributed by atoms with E-state index in [4.69, 9.17) is 4.98 Å². The molecule has 0 radical (unpaired) electrons. The van der Waals surface area contributed by atoms with Crippen molar-refractivity contribution in [3.05, 3.63) is 64.4 Å². The molecule has 120 valence electrons. The van der Waals surface area contributed by atoms with E-state index in [1.165, 1.54) is 11.3 Å². The van der Waals surface area contributed by atoms with Crippen molar-refractivity contribution >= 4 is 17.2 Å².